The van der Waals surface area contributed by atoms with Crippen LogP contribution in [-0.4, -0.2) is 37.8 Å². The first-order valence-electron chi connectivity index (χ1n) is 10.1. The second kappa shape index (κ2) is 6.63. The summed E-state index contributed by atoms with van der Waals surface area (Å²) in [7, 11) is 0. The second-order valence-corrected chi connectivity index (χ2v) is 7.85. The number of ether oxygens (including phenoxy) is 2. The number of benzene rings is 1. The van der Waals surface area contributed by atoms with E-state index in [-0.39, 0.29) is 11.7 Å². The Kier molecular flexibility index (Phi) is 3.86. The zero-order valence-electron chi connectivity index (χ0n) is 17.0. The number of hydrogen-bond acceptors (Lipinski definition) is 7. The first-order valence-corrected chi connectivity index (χ1v) is 10.1. The monoisotopic (exact) mass is 418 g/mol. The first-order chi connectivity index (χ1) is 15.1. The van der Waals surface area contributed by atoms with E-state index >= 15 is 0 Å². The van der Waals surface area contributed by atoms with Gasteiger partial charge in [0.25, 0.3) is 0 Å². The van der Waals surface area contributed by atoms with Crippen molar-refractivity contribution in [3.63, 3.8) is 0 Å². The fraction of sp³-hybridized carbons (Fsp3) is 0.273. The number of halogens is 1. The molecule has 2 aliphatic rings. The number of aryl methyl sites for hydroxylation is 2. The van der Waals surface area contributed by atoms with Gasteiger partial charge in [0.15, 0.2) is 17.2 Å². The molecule has 0 fully saturated rings. The minimum Gasteiger partial charge on any atom is -0.493 e. The maximum absolute atomic E-state index is 14.7. The third-order valence-electron chi connectivity index (χ3n) is 5.84. The Balaban J connectivity index is 1.53. The quantitative estimate of drug-likeness (QED) is 0.507. The lowest BCUT2D eigenvalue weighted by Crippen LogP contribution is -2.13. The number of nitrogens with zero attached hydrogens (tertiary/aromatic N) is 5. The molecular formula is C22H19FN6O2. The van der Waals surface area contributed by atoms with Gasteiger partial charge in [0.1, 0.15) is 17.9 Å². The highest BCUT2D eigenvalue weighted by Gasteiger charge is 2.31. The molecule has 1 aromatic carbocycles. The SMILES string of the molecule is Cc1cnc(-c2cc3c(n4cnnc24)NCc2c(F)ccc4c2C(CO4)CO3)c(C)n1. The van der Waals surface area contributed by atoms with Crippen LogP contribution in [0.25, 0.3) is 16.9 Å². The third-order valence-corrected chi connectivity index (χ3v) is 5.84. The van der Waals surface area contributed by atoms with Crippen LogP contribution in [0.2, 0.25) is 0 Å². The number of hydrogen-bond donors (Lipinski definition) is 1. The van der Waals surface area contributed by atoms with Crippen LogP contribution in [0, 0.1) is 19.7 Å². The molecule has 6 rings (SSSR count). The summed E-state index contributed by atoms with van der Waals surface area (Å²) >= 11 is 0. The van der Waals surface area contributed by atoms with E-state index in [0.717, 1.165) is 34.0 Å². The average Bonchev–Trinajstić information content (AvgIpc) is 3.40. The fourth-order valence-electron chi connectivity index (χ4n) is 4.42. The van der Waals surface area contributed by atoms with Crippen LogP contribution < -0.4 is 14.8 Å². The number of pyridine rings is 1. The third kappa shape index (κ3) is 2.73. The number of rotatable bonds is 1. The highest BCUT2D eigenvalue weighted by molar-refractivity contribution is 5.81. The lowest BCUT2D eigenvalue weighted by molar-refractivity contribution is 0.249. The van der Waals surface area contributed by atoms with Crippen LogP contribution in [0.3, 0.4) is 0 Å². The van der Waals surface area contributed by atoms with Gasteiger partial charge in [-0.3, -0.25) is 14.4 Å². The van der Waals surface area contributed by atoms with Crippen LogP contribution in [0.1, 0.15) is 28.4 Å². The van der Waals surface area contributed by atoms with Crippen molar-refractivity contribution < 1.29 is 13.9 Å². The van der Waals surface area contributed by atoms with E-state index in [1.54, 1.807) is 18.6 Å². The normalized spacial score (nSPS) is 16.9. The molecule has 4 aromatic rings. The molecule has 0 saturated carbocycles. The maximum atomic E-state index is 14.7. The molecule has 0 amide bonds. The number of fused-ring (bicyclic) bond motifs is 3. The molecule has 0 spiro atoms. The van der Waals surface area contributed by atoms with Gasteiger partial charge in [-0.1, -0.05) is 0 Å². The molecule has 2 aliphatic heterocycles. The van der Waals surface area contributed by atoms with Crippen LogP contribution in [0.5, 0.6) is 11.5 Å². The van der Waals surface area contributed by atoms with Gasteiger partial charge in [-0.2, -0.15) is 0 Å². The van der Waals surface area contributed by atoms with Crippen LogP contribution in [0.4, 0.5) is 10.2 Å². The minimum atomic E-state index is -0.257. The highest BCUT2D eigenvalue weighted by Crippen LogP contribution is 2.41. The summed E-state index contributed by atoms with van der Waals surface area (Å²) < 4.78 is 28.6. The Morgan fingerprint density at radius 2 is 2.00 bits per heavy atom. The van der Waals surface area contributed by atoms with E-state index in [1.807, 2.05) is 24.3 Å². The van der Waals surface area contributed by atoms with E-state index in [2.05, 4.69) is 25.5 Å². The van der Waals surface area contributed by atoms with E-state index in [1.165, 1.54) is 6.07 Å². The standard InChI is InChI=1S/C22H19FN6O2/c1-11-6-24-20(12(2)27-11)14-5-18-22(29-10-26-28-21(14)29)25-7-15-16(23)3-4-17-19(15)13(8-30-17)9-31-18/h3-6,10,13,25H,7-9H2,1-2H3. The topological polar surface area (TPSA) is 86.5 Å². The molecule has 1 unspecified atom stereocenters. The van der Waals surface area contributed by atoms with Crippen LogP contribution >= 0.6 is 0 Å². The van der Waals surface area contributed by atoms with Gasteiger partial charge in [0.2, 0.25) is 0 Å². The number of aromatic nitrogens is 5. The average molecular weight is 418 g/mol. The van der Waals surface area contributed by atoms with Gasteiger partial charge in [-0.25, -0.2) is 4.39 Å². The van der Waals surface area contributed by atoms with Gasteiger partial charge in [0, 0.05) is 23.9 Å². The van der Waals surface area contributed by atoms with Crippen LogP contribution in [0.15, 0.2) is 30.7 Å². The van der Waals surface area contributed by atoms with Crippen LogP contribution in [-0.2, 0) is 6.54 Å². The van der Waals surface area contributed by atoms with Gasteiger partial charge in [-0.05, 0) is 32.0 Å². The largest absolute Gasteiger partial charge is 0.493 e. The summed E-state index contributed by atoms with van der Waals surface area (Å²) in [6, 6.07) is 5.05. The molecule has 1 atom stereocenters. The summed E-state index contributed by atoms with van der Waals surface area (Å²) in [5.41, 5.74) is 5.23. The second-order valence-electron chi connectivity index (χ2n) is 7.85. The highest BCUT2D eigenvalue weighted by atomic mass is 19.1. The Hall–Kier alpha value is -3.75. The van der Waals surface area contributed by atoms with Crippen molar-refractivity contribution in [3.8, 4) is 22.8 Å². The smallest absolute Gasteiger partial charge is 0.171 e. The molecule has 0 aliphatic carbocycles. The summed E-state index contributed by atoms with van der Waals surface area (Å²) in [5.74, 6) is 1.70. The van der Waals surface area contributed by atoms with E-state index in [0.29, 0.717) is 42.5 Å². The van der Waals surface area contributed by atoms with E-state index in [9.17, 15) is 4.39 Å². The Bertz CT molecular complexity index is 1350. The Morgan fingerprint density at radius 3 is 2.84 bits per heavy atom. The molecule has 3 aromatic heterocycles. The first kappa shape index (κ1) is 18.1. The van der Waals surface area contributed by atoms with Crippen molar-refractivity contribution >= 4 is 11.5 Å². The van der Waals surface area contributed by atoms with Crippen molar-refractivity contribution in [2.75, 3.05) is 18.5 Å². The molecule has 156 valence electrons. The number of nitrogens with one attached hydrogen (secondary N) is 1. The molecule has 0 radical (unpaired) electrons. The van der Waals surface area contributed by atoms with Crippen molar-refractivity contribution in [3.05, 3.63) is 59.1 Å². The van der Waals surface area contributed by atoms with Crippen molar-refractivity contribution in [1.29, 1.82) is 0 Å². The van der Waals surface area contributed by atoms with E-state index < -0.39 is 0 Å². The molecule has 8 nitrogen and oxygen atoms in total. The summed E-state index contributed by atoms with van der Waals surface area (Å²) in [6.07, 6.45) is 3.34. The van der Waals surface area contributed by atoms with Gasteiger partial charge >= 0.3 is 0 Å². The van der Waals surface area contributed by atoms with Crippen molar-refractivity contribution in [1.82, 2.24) is 24.6 Å². The summed E-state index contributed by atoms with van der Waals surface area (Å²) in [5, 5.41) is 11.7. The maximum Gasteiger partial charge on any atom is 0.171 e. The van der Waals surface area contributed by atoms with Crippen molar-refractivity contribution in [2.24, 2.45) is 0 Å². The van der Waals surface area contributed by atoms with Crippen molar-refractivity contribution in [2.45, 2.75) is 26.3 Å². The molecule has 0 saturated heterocycles. The minimum absolute atomic E-state index is 0.0468. The molecular weight excluding hydrogens is 399 g/mol. The van der Waals surface area contributed by atoms with Gasteiger partial charge < -0.3 is 14.8 Å². The fourth-order valence-corrected chi connectivity index (χ4v) is 4.42. The summed E-state index contributed by atoms with van der Waals surface area (Å²) in [4.78, 5) is 9.12. The lowest BCUT2D eigenvalue weighted by atomic mass is 9.96. The Morgan fingerprint density at radius 1 is 1.16 bits per heavy atom. The molecule has 31 heavy (non-hydrogen) atoms. The molecule has 0 bridgehead atoms. The summed E-state index contributed by atoms with van der Waals surface area (Å²) in [6.45, 7) is 4.94. The zero-order valence-corrected chi connectivity index (χ0v) is 17.0. The predicted molar refractivity (Wildman–Crippen MR) is 111 cm³/mol. The zero-order chi connectivity index (χ0) is 21.1. The van der Waals surface area contributed by atoms with Gasteiger partial charge in [0.05, 0.1) is 41.8 Å². The molecule has 9 heteroatoms. The van der Waals surface area contributed by atoms with E-state index in [4.69, 9.17) is 9.47 Å². The molecule has 5 heterocycles. The van der Waals surface area contributed by atoms with Gasteiger partial charge in [-0.15, -0.1) is 10.2 Å². The Labute approximate surface area is 177 Å². The lowest BCUT2D eigenvalue weighted by Gasteiger charge is -2.17. The molecule has 1 N–H and O–H groups in total. The number of anilines is 1. The predicted octanol–water partition coefficient (Wildman–Crippen LogP) is 3.42.